The van der Waals surface area contributed by atoms with Crippen molar-refractivity contribution in [1.82, 2.24) is 0 Å². The molecule has 0 amide bonds. The number of benzene rings is 4. The molecule has 0 aliphatic heterocycles. The van der Waals surface area contributed by atoms with Crippen LogP contribution in [0.25, 0.3) is 0 Å². The summed E-state index contributed by atoms with van der Waals surface area (Å²) in [6.07, 6.45) is 0.131. The summed E-state index contributed by atoms with van der Waals surface area (Å²) in [4.78, 5) is 0. The molecule has 4 aromatic carbocycles. The average molecular weight is 580 g/mol. The molecule has 0 bridgehead atoms. The molecule has 0 unspecified atom stereocenters. The molecule has 0 aliphatic rings. The number of aromatic nitrogens is 1. The van der Waals surface area contributed by atoms with E-state index in [1.165, 1.54) is 0 Å². The summed E-state index contributed by atoms with van der Waals surface area (Å²) >= 11 is 0. The molecule has 0 N–H and O–H groups in total. The predicted molar refractivity (Wildman–Crippen MR) is 171 cm³/mol. The van der Waals surface area contributed by atoms with Crippen molar-refractivity contribution in [1.29, 1.82) is 0 Å². The van der Waals surface area contributed by atoms with Crippen LogP contribution in [0.1, 0.15) is 33.6 Å². The van der Waals surface area contributed by atoms with Crippen molar-refractivity contribution in [2.45, 2.75) is 40.0 Å². The lowest BCUT2D eigenvalue weighted by atomic mass is 10.2. The Hall–Kier alpha value is -3.71. The van der Waals surface area contributed by atoms with Gasteiger partial charge >= 0.3 is 0 Å². The first-order valence-electron chi connectivity index (χ1n) is 13.8. The van der Waals surface area contributed by atoms with Crippen LogP contribution in [-0.2, 0) is 21.5 Å². The molecule has 5 aromatic rings. The third-order valence-corrected chi connectivity index (χ3v) is 13.7. The SMILES string of the molecule is Cc1ccc(P(=O)(Cc2cccc(CP(=O)(c3ccc(C)cc3)c3ccc(C)cc3)[n+]2[O-])c2ccc(C)cc2)cc1. The van der Waals surface area contributed by atoms with Gasteiger partial charge in [-0.15, -0.1) is 0 Å². The van der Waals surface area contributed by atoms with Crippen LogP contribution in [0.4, 0.5) is 0 Å². The van der Waals surface area contributed by atoms with E-state index in [0.29, 0.717) is 32.6 Å². The molecule has 4 nitrogen and oxygen atoms in total. The Morgan fingerprint density at radius 1 is 0.463 bits per heavy atom. The summed E-state index contributed by atoms with van der Waals surface area (Å²) in [6, 6.07) is 36.1. The molecular weight excluding hydrogens is 544 g/mol. The maximum absolute atomic E-state index is 14.9. The quantitative estimate of drug-likeness (QED) is 0.119. The van der Waals surface area contributed by atoms with Crippen molar-refractivity contribution in [3.8, 4) is 0 Å². The first-order chi connectivity index (χ1) is 19.6. The standard InChI is InChI=1S/C35H35NO3P2/c1-26-8-16-32(17-9-26)40(38,33-18-10-27(2)11-19-33)24-30-6-5-7-31(36(30)37)25-41(39,34-20-12-28(3)13-21-34)35-22-14-29(4)15-23-35/h5-23H,24-25H2,1-4H3. The lowest BCUT2D eigenvalue weighted by Crippen LogP contribution is -2.38. The van der Waals surface area contributed by atoms with Gasteiger partial charge in [0.25, 0.3) is 0 Å². The van der Waals surface area contributed by atoms with Crippen molar-refractivity contribution in [3.63, 3.8) is 0 Å². The van der Waals surface area contributed by atoms with Crippen LogP contribution < -0.4 is 25.9 Å². The molecule has 41 heavy (non-hydrogen) atoms. The van der Waals surface area contributed by atoms with Gasteiger partial charge in [-0.25, -0.2) is 0 Å². The lowest BCUT2D eigenvalue weighted by molar-refractivity contribution is -0.620. The minimum atomic E-state index is -3.20. The molecule has 0 saturated carbocycles. The van der Waals surface area contributed by atoms with Crippen LogP contribution >= 0.6 is 14.3 Å². The number of nitrogens with zero attached hydrogens (tertiary/aromatic N) is 1. The van der Waals surface area contributed by atoms with Crippen molar-refractivity contribution >= 4 is 35.5 Å². The Labute approximate surface area is 243 Å². The number of aryl methyl sites for hydroxylation is 4. The van der Waals surface area contributed by atoms with Crippen molar-refractivity contribution < 1.29 is 13.9 Å². The molecule has 0 aliphatic carbocycles. The minimum absolute atomic E-state index is 0.0653. The van der Waals surface area contributed by atoms with Crippen LogP contribution in [0, 0.1) is 32.9 Å². The molecule has 208 valence electrons. The number of hydrogen-bond donors (Lipinski definition) is 0. The van der Waals surface area contributed by atoms with E-state index in [1.807, 2.05) is 131 Å². The second kappa shape index (κ2) is 11.6. The van der Waals surface area contributed by atoms with Crippen molar-refractivity contribution in [3.05, 3.63) is 154 Å². The topological polar surface area (TPSA) is 61.1 Å². The van der Waals surface area contributed by atoms with Gasteiger partial charge in [0.1, 0.15) is 0 Å². The summed E-state index contributed by atoms with van der Waals surface area (Å²) in [5.41, 5.74) is 5.10. The molecule has 0 saturated heterocycles. The fraction of sp³-hybridized carbons (Fsp3) is 0.171. The van der Waals surface area contributed by atoms with Crippen molar-refractivity contribution in [2.75, 3.05) is 0 Å². The molecule has 1 heterocycles. The molecule has 0 radical (unpaired) electrons. The van der Waals surface area contributed by atoms with E-state index < -0.39 is 14.3 Å². The summed E-state index contributed by atoms with van der Waals surface area (Å²) in [5, 5.41) is 16.8. The molecule has 5 rings (SSSR count). The van der Waals surface area contributed by atoms with Crippen molar-refractivity contribution in [2.24, 2.45) is 0 Å². The molecule has 0 atom stereocenters. The van der Waals surface area contributed by atoms with Gasteiger partial charge in [-0.3, -0.25) is 0 Å². The van der Waals surface area contributed by atoms with E-state index in [9.17, 15) is 14.3 Å². The summed E-state index contributed by atoms with van der Waals surface area (Å²) in [7, 11) is -6.40. The van der Waals surface area contributed by atoms with Crippen LogP contribution in [0.3, 0.4) is 0 Å². The largest absolute Gasteiger partial charge is 0.618 e. The predicted octanol–water partition coefficient (Wildman–Crippen LogP) is 6.58. The highest BCUT2D eigenvalue weighted by Crippen LogP contribution is 2.48. The number of pyridine rings is 1. The van der Waals surface area contributed by atoms with E-state index in [2.05, 4.69) is 0 Å². The highest BCUT2D eigenvalue weighted by atomic mass is 31.2. The number of hydrogen-bond acceptors (Lipinski definition) is 3. The maximum atomic E-state index is 14.9. The molecule has 1 aromatic heterocycles. The highest BCUT2D eigenvalue weighted by molar-refractivity contribution is 7.78. The van der Waals surface area contributed by atoms with E-state index >= 15 is 0 Å². The number of rotatable bonds is 8. The lowest BCUT2D eigenvalue weighted by Gasteiger charge is -2.22. The third kappa shape index (κ3) is 6.01. The monoisotopic (exact) mass is 579 g/mol. The molecule has 6 heteroatoms. The van der Waals surface area contributed by atoms with Crippen LogP contribution in [0.5, 0.6) is 0 Å². The van der Waals surface area contributed by atoms with Gasteiger partial charge < -0.3 is 14.3 Å². The van der Waals surface area contributed by atoms with Gasteiger partial charge in [-0.2, -0.15) is 4.73 Å². The Kier molecular flexibility index (Phi) is 8.18. The minimum Gasteiger partial charge on any atom is -0.618 e. The summed E-state index contributed by atoms with van der Waals surface area (Å²) in [5.74, 6) is 0. The molecular formula is C35H35NO3P2. The zero-order valence-corrected chi connectivity index (χ0v) is 25.7. The normalized spacial score (nSPS) is 11.9. The molecule has 0 spiro atoms. The fourth-order valence-corrected chi connectivity index (χ4v) is 10.3. The smallest absolute Gasteiger partial charge is 0.201 e. The Morgan fingerprint density at radius 2 is 0.707 bits per heavy atom. The van der Waals surface area contributed by atoms with E-state index in [-0.39, 0.29) is 12.3 Å². The van der Waals surface area contributed by atoms with Gasteiger partial charge in [-0.1, -0.05) is 119 Å². The first-order valence-corrected chi connectivity index (χ1v) is 17.5. The first kappa shape index (κ1) is 28.8. The summed E-state index contributed by atoms with van der Waals surface area (Å²) < 4.78 is 30.6. The average Bonchev–Trinajstić information content (AvgIpc) is 2.96. The summed E-state index contributed by atoms with van der Waals surface area (Å²) in [6.45, 7) is 7.98. The third-order valence-electron chi connectivity index (χ3n) is 7.67. The van der Waals surface area contributed by atoms with Gasteiger partial charge in [0.2, 0.25) is 11.4 Å². The van der Waals surface area contributed by atoms with Crippen LogP contribution in [0.2, 0.25) is 0 Å². The Morgan fingerprint density at radius 3 is 0.951 bits per heavy atom. The second-order valence-corrected chi connectivity index (χ2v) is 16.6. The Balaban J connectivity index is 1.59. The maximum Gasteiger partial charge on any atom is 0.201 e. The zero-order valence-electron chi connectivity index (χ0n) is 24.0. The Bertz CT molecular complexity index is 1530. The van der Waals surface area contributed by atoms with Gasteiger partial charge in [-0.05, 0) is 33.8 Å². The van der Waals surface area contributed by atoms with Gasteiger partial charge in [0, 0.05) is 33.4 Å². The highest BCUT2D eigenvalue weighted by Gasteiger charge is 2.34. The van der Waals surface area contributed by atoms with E-state index in [0.717, 1.165) is 27.0 Å². The van der Waals surface area contributed by atoms with Crippen LogP contribution in [0.15, 0.2) is 115 Å². The van der Waals surface area contributed by atoms with Gasteiger partial charge in [0.05, 0.1) is 12.3 Å². The fourth-order valence-electron chi connectivity index (χ4n) is 5.09. The van der Waals surface area contributed by atoms with Crippen LogP contribution in [-0.4, -0.2) is 0 Å². The van der Waals surface area contributed by atoms with Gasteiger partial charge in [0.15, 0.2) is 14.3 Å². The zero-order chi connectivity index (χ0) is 29.2. The van der Waals surface area contributed by atoms with E-state index in [4.69, 9.17) is 0 Å². The van der Waals surface area contributed by atoms with E-state index in [1.54, 1.807) is 12.1 Å². The molecule has 0 fully saturated rings. The second-order valence-electron chi connectivity index (χ2n) is 10.9.